The molecular weight excluding hydrogens is 320 g/mol. The van der Waals surface area contributed by atoms with Crippen LogP contribution < -0.4 is 10.2 Å². The van der Waals surface area contributed by atoms with Crippen molar-refractivity contribution in [3.63, 3.8) is 0 Å². The molecule has 2 heterocycles. The van der Waals surface area contributed by atoms with E-state index in [1.807, 2.05) is 11.0 Å². The number of hydrogen-bond acceptors (Lipinski definition) is 6. The third-order valence-corrected chi connectivity index (χ3v) is 3.90. The first-order valence-electron chi connectivity index (χ1n) is 7.77. The van der Waals surface area contributed by atoms with Gasteiger partial charge in [-0.25, -0.2) is 9.97 Å². The maximum atomic E-state index is 12.2. The highest BCUT2D eigenvalue weighted by molar-refractivity contribution is 6.03. The quantitative estimate of drug-likeness (QED) is 0.832. The predicted octanol–water partition coefficient (Wildman–Crippen LogP) is 0.879. The van der Waals surface area contributed by atoms with Crippen LogP contribution >= 0.6 is 0 Å². The Morgan fingerprint density at radius 1 is 1.20 bits per heavy atom. The lowest BCUT2D eigenvalue weighted by atomic mass is 10.2. The highest BCUT2D eigenvalue weighted by Crippen LogP contribution is 2.13. The molecule has 0 spiro atoms. The molecule has 3 rings (SSSR count). The van der Waals surface area contributed by atoms with Crippen LogP contribution in [-0.4, -0.2) is 53.4 Å². The molecule has 0 atom stereocenters. The van der Waals surface area contributed by atoms with Gasteiger partial charge < -0.3 is 15.1 Å². The van der Waals surface area contributed by atoms with Crippen molar-refractivity contribution in [3.8, 4) is 6.07 Å². The molecule has 1 aliphatic heterocycles. The van der Waals surface area contributed by atoms with E-state index in [1.165, 1.54) is 12.4 Å². The average Bonchev–Trinajstić information content (AvgIpc) is 2.68. The van der Waals surface area contributed by atoms with Gasteiger partial charge in [0.15, 0.2) is 0 Å². The summed E-state index contributed by atoms with van der Waals surface area (Å²) in [4.78, 5) is 35.1. The summed E-state index contributed by atoms with van der Waals surface area (Å²) in [6.45, 7) is 2.57. The largest absolute Gasteiger partial charge is 0.342 e. The summed E-state index contributed by atoms with van der Waals surface area (Å²) >= 11 is 0. The molecule has 126 valence electrons. The number of benzene rings is 1. The molecule has 25 heavy (non-hydrogen) atoms. The van der Waals surface area contributed by atoms with E-state index in [-0.39, 0.29) is 5.91 Å². The average molecular weight is 336 g/mol. The molecule has 0 unspecified atom stereocenters. The van der Waals surface area contributed by atoms with Crippen LogP contribution in [0.3, 0.4) is 0 Å². The molecule has 0 aliphatic carbocycles. The summed E-state index contributed by atoms with van der Waals surface area (Å²) in [6, 6.07) is 8.70. The monoisotopic (exact) mass is 336 g/mol. The number of anilines is 2. The molecule has 1 aliphatic rings. The fourth-order valence-electron chi connectivity index (χ4n) is 2.50. The first-order chi connectivity index (χ1) is 12.2. The zero-order valence-corrected chi connectivity index (χ0v) is 13.4. The highest BCUT2D eigenvalue weighted by Gasteiger charge is 2.18. The number of piperazine rings is 1. The lowest BCUT2D eigenvalue weighted by Gasteiger charge is -2.32. The molecular formula is C17H16N6O2. The van der Waals surface area contributed by atoms with E-state index in [0.717, 1.165) is 6.41 Å². The number of hydrogen-bond donors (Lipinski definition) is 1. The number of rotatable bonds is 4. The highest BCUT2D eigenvalue weighted by atomic mass is 16.1. The second-order valence-corrected chi connectivity index (χ2v) is 5.55. The van der Waals surface area contributed by atoms with Crippen LogP contribution in [0, 0.1) is 11.3 Å². The molecule has 8 heteroatoms. The number of aromatic nitrogens is 2. The molecule has 1 saturated heterocycles. The molecule has 0 bridgehead atoms. The lowest BCUT2D eigenvalue weighted by molar-refractivity contribution is -0.118. The fourth-order valence-corrected chi connectivity index (χ4v) is 2.50. The number of nitriles is 1. The number of nitrogens with one attached hydrogen (secondary N) is 1. The van der Waals surface area contributed by atoms with Crippen molar-refractivity contribution in [3.05, 3.63) is 47.8 Å². The van der Waals surface area contributed by atoms with E-state index in [4.69, 9.17) is 5.26 Å². The van der Waals surface area contributed by atoms with Gasteiger partial charge >= 0.3 is 0 Å². The third-order valence-electron chi connectivity index (χ3n) is 3.90. The van der Waals surface area contributed by atoms with Crippen molar-refractivity contribution in [1.29, 1.82) is 5.26 Å². The van der Waals surface area contributed by atoms with Crippen LogP contribution in [0.4, 0.5) is 11.6 Å². The van der Waals surface area contributed by atoms with Crippen LogP contribution in [0.5, 0.6) is 0 Å². The zero-order valence-electron chi connectivity index (χ0n) is 13.4. The predicted molar refractivity (Wildman–Crippen MR) is 91.0 cm³/mol. The number of amides is 2. The second kappa shape index (κ2) is 7.40. The Balaban J connectivity index is 1.64. The molecule has 2 aromatic rings. The van der Waals surface area contributed by atoms with Crippen LogP contribution in [0.2, 0.25) is 0 Å². The molecule has 2 amide bonds. The maximum Gasteiger partial charge on any atom is 0.258 e. The minimum atomic E-state index is -0.340. The van der Waals surface area contributed by atoms with Gasteiger partial charge in [0.2, 0.25) is 12.4 Å². The van der Waals surface area contributed by atoms with Gasteiger partial charge in [0.05, 0.1) is 17.2 Å². The molecule has 1 N–H and O–H groups in total. The fraction of sp³-hybridized carbons (Fsp3) is 0.235. The van der Waals surface area contributed by atoms with Crippen molar-refractivity contribution in [2.45, 2.75) is 0 Å². The van der Waals surface area contributed by atoms with Gasteiger partial charge in [0.25, 0.3) is 5.91 Å². The number of carbonyl (C=O) groups is 2. The summed E-state index contributed by atoms with van der Waals surface area (Å²) in [5.41, 5.74) is 1.34. The summed E-state index contributed by atoms with van der Waals surface area (Å²) in [6.07, 6.45) is 3.78. The van der Waals surface area contributed by atoms with E-state index in [2.05, 4.69) is 15.3 Å². The molecule has 8 nitrogen and oxygen atoms in total. The van der Waals surface area contributed by atoms with Crippen molar-refractivity contribution >= 4 is 24.0 Å². The smallest absolute Gasteiger partial charge is 0.258 e. The summed E-state index contributed by atoms with van der Waals surface area (Å²) in [5, 5.41) is 11.6. The summed E-state index contributed by atoms with van der Waals surface area (Å²) in [7, 11) is 0. The third kappa shape index (κ3) is 3.90. The van der Waals surface area contributed by atoms with Gasteiger partial charge in [-0.05, 0) is 18.2 Å². The first kappa shape index (κ1) is 16.4. The van der Waals surface area contributed by atoms with Crippen molar-refractivity contribution in [2.75, 3.05) is 36.4 Å². The Morgan fingerprint density at radius 2 is 1.92 bits per heavy atom. The van der Waals surface area contributed by atoms with Gasteiger partial charge in [-0.2, -0.15) is 5.26 Å². The second-order valence-electron chi connectivity index (χ2n) is 5.55. The molecule has 1 aromatic carbocycles. The van der Waals surface area contributed by atoms with Gasteiger partial charge in [0.1, 0.15) is 0 Å². The summed E-state index contributed by atoms with van der Waals surface area (Å²) in [5.74, 6) is 0.195. The maximum absolute atomic E-state index is 12.2. The van der Waals surface area contributed by atoms with Crippen molar-refractivity contribution in [1.82, 2.24) is 14.9 Å². The van der Waals surface area contributed by atoms with Crippen LogP contribution in [-0.2, 0) is 4.79 Å². The van der Waals surface area contributed by atoms with Crippen LogP contribution in [0.1, 0.15) is 15.9 Å². The normalized spacial score (nSPS) is 13.9. The first-order valence-corrected chi connectivity index (χ1v) is 7.77. The molecule has 0 radical (unpaired) electrons. The SMILES string of the molecule is N#Cc1cccc(NC(=O)c2cnc(N3CCN(C=O)CC3)nc2)c1. The minimum absolute atomic E-state index is 0.331. The van der Waals surface area contributed by atoms with Gasteiger partial charge in [-0.3, -0.25) is 9.59 Å². The van der Waals surface area contributed by atoms with Gasteiger partial charge in [-0.1, -0.05) is 6.07 Å². The zero-order chi connectivity index (χ0) is 17.6. The Morgan fingerprint density at radius 3 is 2.56 bits per heavy atom. The lowest BCUT2D eigenvalue weighted by Crippen LogP contribution is -2.46. The Bertz CT molecular complexity index is 807. The van der Waals surface area contributed by atoms with E-state index in [0.29, 0.717) is 48.9 Å². The topological polar surface area (TPSA) is 102 Å². The van der Waals surface area contributed by atoms with Crippen LogP contribution in [0.25, 0.3) is 0 Å². The standard InChI is InChI=1S/C17H16N6O2/c18-9-13-2-1-3-15(8-13)21-16(25)14-10-19-17(20-11-14)23-6-4-22(12-24)5-7-23/h1-3,8,10-12H,4-7H2,(H,21,25). The molecule has 0 saturated carbocycles. The number of carbonyl (C=O) groups excluding carboxylic acids is 2. The van der Waals surface area contributed by atoms with Crippen molar-refractivity contribution < 1.29 is 9.59 Å². The Kier molecular flexibility index (Phi) is 4.85. The number of nitrogens with zero attached hydrogens (tertiary/aromatic N) is 5. The minimum Gasteiger partial charge on any atom is -0.342 e. The van der Waals surface area contributed by atoms with E-state index < -0.39 is 0 Å². The molecule has 1 aromatic heterocycles. The van der Waals surface area contributed by atoms with E-state index in [9.17, 15) is 9.59 Å². The Labute approximate surface area is 144 Å². The van der Waals surface area contributed by atoms with Crippen molar-refractivity contribution in [2.24, 2.45) is 0 Å². The van der Waals surface area contributed by atoms with E-state index >= 15 is 0 Å². The van der Waals surface area contributed by atoms with Crippen LogP contribution in [0.15, 0.2) is 36.7 Å². The molecule has 1 fully saturated rings. The summed E-state index contributed by atoms with van der Waals surface area (Å²) < 4.78 is 0. The van der Waals surface area contributed by atoms with Gasteiger partial charge in [0, 0.05) is 44.3 Å². The van der Waals surface area contributed by atoms with E-state index in [1.54, 1.807) is 29.2 Å². The Hall–Kier alpha value is -3.47. The van der Waals surface area contributed by atoms with Gasteiger partial charge in [-0.15, -0.1) is 0 Å².